The molecule has 3 rings (SSSR count). The van der Waals surface area contributed by atoms with Gasteiger partial charge < -0.3 is 14.7 Å². The molecule has 1 aliphatic carbocycles. The van der Waals surface area contributed by atoms with Gasteiger partial charge in [0.15, 0.2) is 9.84 Å². The third-order valence-electron chi connectivity index (χ3n) is 5.99. The maximum Gasteiger partial charge on any atom is 0.319 e. The zero-order chi connectivity index (χ0) is 19.6. The summed E-state index contributed by atoms with van der Waals surface area (Å²) in [5.41, 5.74) is 0. The molecule has 1 saturated carbocycles. The van der Waals surface area contributed by atoms with Gasteiger partial charge in [-0.2, -0.15) is 0 Å². The van der Waals surface area contributed by atoms with Gasteiger partial charge in [0.25, 0.3) is 0 Å². The Balaban J connectivity index is 1.59. The van der Waals surface area contributed by atoms with Gasteiger partial charge in [-0.25, -0.2) is 13.2 Å². The average Bonchev–Trinajstić information content (AvgIpc) is 3.25. The molecule has 0 spiro atoms. The van der Waals surface area contributed by atoms with Crippen LogP contribution in [0.5, 0.6) is 0 Å². The molecule has 0 aromatic rings. The van der Waals surface area contributed by atoms with Crippen molar-refractivity contribution in [1.82, 2.24) is 19.6 Å². The second-order valence-corrected chi connectivity index (χ2v) is 10.5. The number of piperazine rings is 1. The van der Waals surface area contributed by atoms with E-state index in [0.29, 0.717) is 39.1 Å². The van der Waals surface area contributed by atoms with E-state index in [9.17, 15) is 18.0 Å². The smallest absolute Gasteiger partial charge is 0.319 e. The highest BCUT2D eigenvalue weighted by atomic mass is 32.2. The van der Waals surface area contributed by atoms with Crippen LogP contribution in [0.25, 0.3) is 0 Å². The van der Waals surface area contributed by atoms with E-state index in [-0.39, 0.29) is 35.5 Å². The first kappa shape index (κ1) is 20.4. The van der Waals surface area contributed by atoms with Crippen molar-refractivity contribution in [2.75, 3.05) is 58.3 Å². The highest BCUT2D eigenvalue weighted by Crippen LogP contribution is 2.29. The van der Waals surface area contributed by atoms with Crippen LogP contribution in [0, 0.1) is 0 Å². The topological polar surface area (TPSA) is 81.2 Å². The number of carbonyl (C=O) groups excluding carboxylic acids is 2. The number of hydrogen-bond donors (Lipinski definition) is 0. The van der Waals surface area contributed by atoms with Gasteiger partial charge in [-0.05, 0) is 19.3 Å². The van der Waals surface area contributed by atoms with Crippen LogP contribution in [0.15, 0.2) is 0 Å². The number of hydrogen-bond acceptors (Lipinski definition) is 5. The zero-order valence-electron chi connectivity index (χ0n) is 16.5. The minimum atomic E-state index is -3.02. The Morgan fingerprint density at radius 3 is 2.11 bits per heavy atom. The SMILES string of the molecule is CN(C)C(=O)N1CCN(CC(=O)N(C2CCCC2)C2CCS(=O)(=O)C2)CC1. The number of sulfone groups is 1. The molecule has 8 nitrogen and oxygen atoms in total. The van der Waals surface area contributed by atoms with E-state index in [4.69, 9.17) is 0 Å². The highest BCUT2D eigenvalue weighted by molar-refractivity contribution is 7.91. The van der Waals surface area contributed by atoms with Crippen molar-refractivity contribution in [1.29, 1.82) is 0 Å². The van der Waals surface area contributed by atoms with Gasteiger partial charge in [0.1, 0.15) is 0 Å². The predicted molar refractivity (Wildman–Crippen MR) is 103 cm³/mol. The van der Waals surface area contributed by atoms with Crippen molar-refractivity contribution in [2.24, 2.45) is 0 Å². The Kier molecular flexibility index (Phi) is 6.30. The van der Waals surface area contributed by atoms with Crippen molar-refractivity contribution in [2.45, 2.75) is 44.2 Å². The molecule has 0 radical (unpaired) electrons. The molecule has 0 N–H and O–H groups in total. The summed E-state index contributed by atoms with van der Waals surface area (Å²) in [6, 6.07) is 0.0272. The molecule has 154 valence electrons. The van der Waals surface area contributed by atoms with Gasteiger partial charge in [0.05, 0.1) is 18.1 Å². The molecule has 9 heteroatoms. The molecular formula is C18H32N4O4S. The Labute approximate surface area is 162 Å². The van der Waals surface area contributed by atoms with E-state index >= 15 is 0 Å². The normalized spacial score (nSPS) is 26.3. The summed E-state index contributed by atoms with van der Waals surface area (Å²) in [6.45, 7) is 2.90. The van der Waals surface area contributed by atoms with Crippen molar-refractivity contribution in [3.05, 3.63) is 0 Å². The van der Waals surface area contributed by atoms with E-state index in [2.05, 4.69) is 4.90 Å². The molecule has 1 atom stereocenters. The Morgan fingerprint density at radius 1 is 0.963 bits per heavy atom. The Bertz CT molecular complexity index is 652. The number of nitrogens with zero attached hydrogens (tertiary/aromatic N) is 4. The fourth-order valence-electron chi connectivity index (χ4n) is 4.54. The van der Waals surface area contributed by atoms with Gasteiger partial charge in [-0.3, -0.25) is 9.69 Å². The number of rotatable bonds is 4. The molecule has 1 unspecified atom stereocenters. The largest absolute Gasteiger partial charge is 0.335 e. The second kappa shape index (κ2) is 8.34. The van der Waals surface area contributed by atoms with E-state index in [1.54, 1.807) is 23.9 Å². The van der Waals surface area contributed by atoms with Crippen LogP contribution in [0.4, 0.5) is 4.79 Å². The molecule has 0 bridgehead atoms. The molecule has 2 saturated heterocycles. The van der Waals surface area contributed by atoms with Crippen LogP contribution in [-0.4, -0.2) is 110 Å². The second-order valence-electron chi connectivity index (χ2n) is 8.24. The van der Waals surface area contributed by atoms with Crippen molar-refractivity contribution < 1.29 is 18.0 Å². The average molecular weight is 401 g/mol. The maximum atomic E-state index is 13.1. The van der Waals surface area contributed by atoms with Crippen LogP contribution in [-0.2, 0) is 14.6 Å². The van der Waals surface area contributed by atoms with Crippen LogP contribution < -0.4 is 0 Å². The molecule has 27 heavy (non-hydrogen) atoms. The molecule has 3 aliphatic rings. The van der Waals surface area contributed by atoms with E-state index < -0.39 is 9.84 Å². The van der Waals surface area contributed by atoms with E-state index in [0.717, 1.165) is 25.7 Å². The summed E-state index contributed by atoms with van der Waals surface area (Å²) in [4.78, 5) is 32.5. The van der Waals surface area contributed by atoms with Crippen molar-refractivity contribution in [3.63, 3.8) is 0 Å². The molecule has 3 fully saturated rings. The first-order valence-corrected chi connectivity index (χ1v) is 11.8. The lowest BCUT2D eigenvalue weighted by atomic mass is 10.1. The number of carbonyl (C=O) groups is 2. The van der Waals surface area contributed by atoms with Crippen LogP contribution in [0.2, 0.25) is 0 Å². The predicted octanol–water partition coefficient (Wildman–Crippen LogP) is 0.244. The maximum absolute atomic E-state index is 13.1. The zero-order valence-corrected chi connectivity index (χ0v) is 17.3. The summed E-state index contributed by atoms with van der Waals surface area (Å²) in [7, 11) is 0.469. The third-order valence-corrected chi connectivity index (χ3v) is 7.74. The quantitative estimate of drug-likeness (QED) is 0.675. The lowest BCUT2D eigenvalue weighted by Crippen LogP contribution is -2.55. The van der Waals surface area contributed by atoms with Crippen molar-refractivity contribution in [3.8, 4) is 0 Å². The fourth-order valence-corrected chi connectivity index (χ4v) is 6.25. The fraction of sp³-hybridized carbons (Fsp3) is 0.889. The molecule has 3 amide bonds. The lowest BCUT2D eigenvalue weighted by Gasteiger charge is -2.39. The van der Waals surface area contributed by atoms with Crippen LogP contribution >= 0.6 is 0 Å². The van der Waals surface area contributed by atoms with E-state index in [1.165, 1.54) is 0 Å². The molecular weight excluding hydrogens is 368 g/mol. The lowest BCUT2D eigenvalue weighted by molar-refractivity contribution is -0.137. The minimum absolute atomic E-state index is 0.00437. The van der Waals surface area contributed by atoms with Gasteiger partial charge >= 0.3 is 6.03 Å². The summed E-state index contributed by atoms with van der Waals surface area (Å²) in [5, 5.41) is 0. The summed E-state index contributed by atoms with van der Waals surface area (Å²) >= 11 is 0. The first-order valence-electron chi connectivity index (χ1n) is 9.97. The number of urea groups is 1. The van der Waals surface area contributed by atoms with Gasteiger partial charge in [0.2, 0.25) is 5.91 Å². The van der Waals surface area contributed by atoms with Crippen LogP contribution in [0.3, 0.4) is 0 Å². The molecule has 2 heterocycles. The summed E-state index contributed by atoms with van der Waals surface area (Å²) in [5.74, 6) is 0.358. The Morgan fingerprint density at radius 2 is 1.59 bits per heavy atom. The summed E-state index contributed by atoms with van der Waals surface area (Å²) < 4.78 is 23.9. The third kappa shape index (κ3) is 4.93. The van der Waals surface area contributed by atoms with Gasteiger partial charge in [0, 0.05) is 52.4 Å². The number of amides is 3. The van der Waals surface area contributed by atoms with Crippen molar-refractivity contribution >= 4 is 21.8 Å². The highest BCUT2D eigenvalue weighted by Gasteiger charge is 2.39. The van der Waals surface area contributed by atoms with Gasteiger partial charge in [-0.1, -0.05) is 12.8 Å². The minimum Gasteiger partial charge on any atom is -0.335 e. The van der Waals surface area contributed by atoms with Crippen LogP contribution in [0.1, 0.15) is 32.1 Å². The molecule has 0 aromatic carbocycles. The first-order chi connectivity index (χ1) is 12.8. The monoisotopic (exact) mass is 400 g/mol. The standard InChI is InChI=1S/C18H32N4O4S/c1-19(2)18(24)21-10-8-20(9-11-21)13-17(23)22(15-5-3-4-6-15)16-7-12-27(25,26)14-16/h15-16H,3-14H2,1-2H3. The van der Waals surface area contributed by atoms with E-state index in [1.807, 2.05) is 4.90 Å². The molecule has 0 aromatic heterocycles. The van der Waals surface area contributed by atoms with Gasteiger partial charge in [-0.15, -0.1) is 0 Å². The Hall–Kier alpha value is -1.35. The molecule has 2 aliphatic heterocycles. The summed E-state index contributed by atoms with van der Waals surface area (Å²) in [6.07, 6.45) is 4.75.